The number of likely N-dealkylation sites (tertiary alicyclic amines) is 1. The lowest BCUT2D eigenvalue weighted by Crippen LogP contribution is -2.47. The summed E-state index contributed by atoms with van der Waals surface area (Å²) in [6.07, 6.45) is 4.68. The van der Waals surface area contributed by atoms with Gasteiger partial charge in [0.05, 0.1) is 0 Å². The van der Waals surface area contributed by atoms with Crippen LogP contribution in [0, 0.1) is 0 Å². The van der Waals surface area contributed by atoms with Crippen LogP contribution in [0.3, 0.4) is 0 Å². The van der Waals surface area contributed by atoms with Gasteiger partial charge in [-0.25, -0.2) is 0 Å². The number of piperidine rings is 1. The van der Waals surface area contributed by atoms with Gasteiger partial charge in [0.25, 0.3) is 0 Å². The van der Waals surface area contributed by atoms with Crippen molar-refractivity contribution in [3.8, 4) is 0 Å². The summed E-state index contributed by atoms with van der Waals surface area (Å²) in [5.41, 5.74) is 5.68. The van der Waals surface area contributed by atoms with Crippen LogP contribution >= 0.6 is 12.4 Å². The second-order valence-electron chi connectivity index (χ2n) is 4.82. The highest BCUT2D eigenvalue weighted by molar-refractivity contribution is 5.85. The van der Waals surface area contributed by atoms with Crippen molar-refractivity contribution in [1.82, 2.24) is 10.2 Å². The largest absolute Gasteiger partial charge is 0.356 e. The Bertz CT molecular complexity index is 287. The fourth-order valence-electron chi connectivity index (χ4n) is 2.29. The molecule has 1 rings (SSSR count). The van der Waals surface area contributed by atoms with Gasteiger partial charge in [-0.2, -0.15) is 0 Å². The molecular weight excluding hydrogens is 266 g/mol. The molecular formula is C13H26ClN3O2. The second kappa shape index (κ2) is 10.0. The Labute approximate surface area is 121 Å². The van der Waals surface area contributed by atoms with Gasteiger partial charge in [0, 0.05) is 38.5 Å². The lowest BCUT2D eigenvalue weighted by atomic mass is 10.0. The molecule has 0 aromatic rings. The molecule has 0 spiro atoms. The van der Waals surface area contributed by atoms with Gasteiger partial charge in [-0.1, -0.05) is 6.92 Å². The van der Waals surface area contributed by atoms with Gasteiger partial charge in [-0.3, -0.25) is 9.59 Å². The molecule has 3 N–H and O–H groups in total. The van der Waals surface area contributed by atoms with Crippen LogP contribution in [0.25, 0.3) is 0 Å². The second-order valence-corrected chi connectivity index (χ2v) is 4.82. The summed E-state index contributed by atoms with van der Waals surface area (Å²) in [6.45, 7) is 4.00. The molecule has 0 aromatic carbocycles. The van der Waals surface area contributed by atoms with Crippen molar-refractivity contribution >= 4 is 24.2 Å². The maximum atomic E-state index is 12.0. The van der Waals surface area contributed by atoms with Crippen molar-refractivity contribution in [1.29, 1.82) is 0 Å². The van der Waals surface area contributed by atoms with Crippen molar-refractivity contribution in [2.24, 2.45) is 5.73 Å². The van der Waals surface area contributed by atoms with E-state index in [1.165, 1.54) is 0 Å². The molecule has 6 heteroatoms. The maximum Gasteiger partial charge on any atom is 0.223 e. The van der Waals surface area contributed by atoms with Crippen molar-refractivity contribution in [2.45, 2.75) is 51.5 Å². The third kappa shape index (κ3) is 6.25. The zero-order valence-corrected chi connectivity index (χ0v) is 12.5. The zero-order valence-electron chi connectivity index (χ0n) is 11.7. The first kappa shape index (κ1) is 18.2. The Morgan fingerprint density at radius 1 is 1.32 bits per heavy atom. The highest BCUT2D eigenvalue weighted by atomic mass is 35.5. The number of hydrogen-bond acceptors (Lipinski definition) is 3. The molecule has 112 valence electrons. The van der Waals surface area contributed by atoms with Crippen LogP contribution in [0.2, 0.25) is 0 Å². The quantitative estimate of drug-likeness (QED) is 0.768. The van der Waals surface area contributed by atoms with Crippen LogP contribution in [0.4, 0.5) is 0 Å². The number of carbonyl (C=O) groups excluding carboxylic acids is 2. The van der Waals surface area contributed by atoms with Gasteiger partial charge in [0.2, 0.25) is 11.8 Å². The Balaban J connectivity index is 0.00000324. The summed E-state index contributed by atoms with van der Waals surface area (Å²) in [4.78, 5) is 25.3. The van der Waals surface area contributed by atoms with E-state index in [1.807, 2.05) is 11.8 Å². The van der Waals surface area contributed by atoms with Crippen molar-refractivity contribution in [3.63, 3.8) is 0 Å². The average molecular weight is 292 g/mol. The molecule has 19 heavy (non-hydrogen) atoms. The van der Waals surface area contributed by atoms with E-state index in [9.17, 15) is 9.59 Å². The van der Waals surface area contributed by atoms with Gasteiger partial charge in [0.1, 0.15) is 0 Å². The molecule has 0 radical (unpaired) electrons. The fourth-order valence-corrected chi connectivity index (χ4v) is 2.29. The molecule has 0 bridgehead atoms. The van der Waals surface area contributed by atoms with Crippen molar-refractivity contribution in [3.05, 3.63) is 0 Å². The first-order valence-electron chi connectivity index (χ1n) is 6.95. The third-order valence-electron chi connectivity index (χ3n) is 3.36. The van der Waals surface area contributed by atoms with Gasteiger partial charge in [0.15, 0.2) is 0 Å². The summed E-state index contributed by atoms with van der Waals surface area (Å²) in [5.74, 6) is 0.0308. The highest BCUT2D eigenvalue weighted by Crippen LogP contribution is 2.17. The predicted molar refractivity (Wildman–Crippen MR) is 78.2 cm³/mol. The van der Waals surface area contributed by atoms with Crippen LogP contribution in [-0.4, -0.2) is 42.4 Å². The van der Waals surface area contributed by atoms with Gasteiger partial charge >= 0.3 is 0 Å². The van der Waals surface area contributed by atoms with E-state index in [2.05, 4.69) is 5.32 Å². The van der Waals surface area contributed by atoms with E-state index in [0.29, 0.717) is 19.5 Å². The summed E-state index contributed by atoms with van der Waals surface area (Å²) in [7, 11) is 0. The van der Waals surface area contributed by atoms with Crippen LogP contribution in [0.15, 0.2) is 0 Å². The molecule has 5 nitrogen and oxygen atoms in total. The van der Waals surface area contributed by atoms with Gasteiger partial charge in [-0.05, 0) is 25.7 Å². The summed E-state index contributed by atoms with van der Waals surface area (Å²) < 4.78 is 0. The maximum absolute atomic E-state index is 12.0. The van der Waals surface area contributed by atoms with Crippen LogP contribution in [-0.2, 0) is 9.59 Å². The minimum atomic E-state index is -0.0356. The summed E-state index contributed by atoms with van der Waals surface area (Å²) in [5, 5.41) is 2.78. The highest BCUT2D eigenvalue weighted by Gasteiger charge is 2.25. The number of halogens is 1. The van der Waals surface area contributed by atoms with E-state index in [0.717, 1.165) is 32.2 Å². The molecule has 1 aliphatic heterocycles. The molecule has 1 atom stereocenters. The van der Waals surface area contributed by atoms with E-state index < -0.39 is 0 Å². The Kier molecular flexibility index (Phi) is 9.61. The van der Waals surface area contributed by atoms with Crippen molar-refractivity contribution in [2.75, 3.05) is 19.6 Å². The molecule has 1 aliphatic rings. The van der Waals surface area contributed by atoms with Gasteiger partial charge < -0.3 is 16.0 Å². The summed E-state index contributed by atoms with van der Waals surface area (Å²) in [6, 6.07) is 0.171. The lowest BCUT2D eigenvalue weighted by molar-refractivity contribution is -0.136. The standard InChI is InChI=1S/C13H25N3O2.ClH/c1-2-8-15-12(17)6-7-13(18)16-9-4-3-5-11(16)10-14;/h11H,2-10,14H2,1H3,(H,15,17);1H. The normalized spacial score (nSPS) is 18.6. The molecule has 1 fully saturated rings. The fraction of sp³-hybridized carbons (Fsp3) is 0.846. The number of hydrogen-bond donors (Lipinski definition) is 2. The number of nitrogens with zero attached hydrogens (tertiary/aromatic N) is 1. The lowest BCUT2D eigenvalue weighted by Gasteiger charge is -2.35. The number of nitrogens with two attached hydrogens (primary N) is 1. The third-order valence-corrected chi connectivity index (χ3v) is 3.36. The van der Waals surface area contributed by atoms with E-state index in [4.69, 9.17) is 5.73 Å². The van der Waals surface area contributed by atoms with Gasteiger partial charge in [-0.15, -0.1) is 12.4 Å². The molecule has 0 saturated carbocycles. The van der Waals surface area contributed by atoms with E-state index in [-0.39, 0.29) is 36.7 Å². The smallest absolute Gasteiger partial charge is 0.223 e. The van der Waals surface area contributed by atoms with Crippen molar-refractivity contribution < 1.29 is 9.59 Å². The minimum absolute atomic E-state index is 0. The molecule has 2 amide bonds. The van der Waals surface area contributed by atoms with E-state index >= 15 is 0 Å². The first-order chi connectivity index (χ1) is 8.69. The SMILES string of the molecule is CCCNC(=O)CCC(=O)N1CCCCC1CN.Cl. The zero-order chi connectivity index (χ0) is 13.4. The Hall–Kier alpha value is -0.810. The monoisotopic (exact) mass is 291 g/mol. The average Bonchev–Trinajstić information content (AvgIpc) is 2.42. The number of carbonyl (C=O) groups is 2. The Morgan fingerprint density at radius 3 is 2.68 bits per heavy atom. The molecule has 1 unspecified atom stereocenters. The topological polar surface area (TPSA) is 75.4 Å². The number of nitrogens with one attached hydrogen (secondary N) is 1. The first-order valence-corrected chi connectivity index (χ1v) is 6.95. The molecule has 0 aliphatic carbocycles. The number of rotatable bonds is 6. The summed E-state index contributed by atoms with van der Waals surface area (Å²) >= 11 is 0. The van der Waals surface area contributed by atoms with Crippen LogP contribution in [0.5, 0.6) is 0 Å². The number of amides is 2. The predicted octanol–water partition coefficient (Wildman–Crippen LogP) is 1.05. The molecule has 1 heterocycles. The molecule has 0 aromatic heterocycles. The minimum Gasteiger partial charge on any atom is -0.356 e. The van der Waals surface area contributed by atoms with Crippen LogP contribution in [0.1, 0.15) is 45.4 Å². The molecule has 1 saturated heterocycles. The van der Waals surface area contributed by atoms with Crippen LogP contribution < -0.4 is 11.1 Å². The Morgan fingerprint density at radius 2 is 2.05 bits per heavy atom. The van der Waals surface area contributed by atoms with E-state index in [1.54, 1.807) is 0 Å².